The first kappa shape index (κ1) is 21.3. The SMILES string of the molecule is COc1cc(/C=N/NC(=O)CNc2ccc(C)cc2)ccc1OCCC(C)C. The van der Waals surface area contributed by atoms with Gasteiger partial charge in [-0.2, -0.15) is 5.10 Å². The van der Waals surface area contributed by atoms with Gasteiger partial charge in [0.25, 0.3) is 5.91 Å². The maximum atomic E-state index is 11.9. The zero-order chi connectivity index (χ0) is 20.4. The van der Waals surface area contributed by atoms with E-state index in [1.54, 1.807) is 13.3 Å². The minimum absolute atomic E-state index is 0.145. The number of rotatable bonds is 10. The topological polar surface area (TPSA) is 72.0 Å². The Bertz CT molecular complexity index is 786. The van der Waals surface area contributed by atoms with Crippen molar-refractivity contribution in [3.05, 3.63) is 53.6 Å². The van der Waals surface area contributed by atoms with E-state index in [0.29, 0.717) is 24.0 Å². The number of carbonyl (C=O) groups is 1. The van der Waals surface area contributed by atoms with Crippen LogP contribution in [0.15, 0.2) is 47.6 Å². The molecule has 1 amide bonds. The molecule has 0 radical (unpaired) electrons. The van der Waals surface area contributed by atoms with Gasteiger partial charge in [-0.1, -0.05) is 31.5 Å². The summed E-state index contributed by atoms with van der Waals surface area (Å²) in [6, 6.07) is 13.4. The summed E-state index contributed by atoms with van der Waals surface area (Å²) >= 11 is 0. The van der Waals surface area contributed by atoms with Crippen LogP contribution in [0, 0.1) is 12.8 Å². The Balaban J connectivity index is 1.83. The third-order valence-electron chi connectivity index (χ3n) is 4.05. The molecule has 2 N–H and O–H groups in total. The fourth-order valence-corrected chi connectivity index (χ4v) is 2.36. The summed E-state index contributed by atoms with van der Waals surface area (Å²) in [6.45, 7) is 7.12. The Morgan fingerprint density at radius 1 is 1.14 bits per heavy atom. The van der Waals surface area contributed by atoms with Crippen molar-refractivity contribution in [3.63, 3.8) is 0 Å². The van der Waals surface area contributed by atoms with E-state index in [-0.39, 0.29) is 12.5 Å². The van der Waals surface area contributed by atoms with E-state index >= 15 is 0 Å². The van der Waals surface area contributed by atoms with Crippen molar-refractivity contribution < 1.29 is 14.3 Å². The molecule has 0 unspecified atom stereocenters. The molecule has 0 atom stereocenters. The summed E-state index contributed by atoms with van der Waals surface area (Å²) in [5, 5.41) is 7.05. The van der Waals surface area contributed by atoms with Gasteiger partial charge >= 0.3 is 0 Å². The van der Waals surface area contributed by atoms with Gasteiger partial charge in [0.2, 0.25) is 0 Å². The molecule has 2 rings (SSSR count). The van der Waals surface area contributed by atoms with Crippen molar-refractivity contribution in [2.45, 2.75) is 27.2 Å². The lowest BCUT2D eigenvalue weighted by Gasteiger charge is -2.12. The Hall–Kier alpha value is -3.02. The maximum Gasteiger partial charge on any atom is 0.259 e. The number of carbonyl (C=O) groups excluding carboxylic acids is 1. The Kier molecular flexibility index (Phi) is 8.34. The van der Waals surface area contributed by atoms with Gasteiger partial charge in [-0.15, -0.1) is 0 Å². The third kappa shape index (κ3) is 7.31. The first-order valence-corrected chi connectivity index (χ1v) is 9.41. The van der Waals surface area contributed by atoms with Crippen LogP contribution < -0.4 is 20.2 Å². The number of nitrogens with zero attached hydrogens (tertiary/aromatic N) is 1. The van der Waals surface area contributed by atoms with Gasteiger partial charge in [-0.05, 0) is 55.2 Å². The summed E-state index contributed by atoms with van der Waals surface area (Å²) in [7, 11) is 1.60. The Labute approximate surface area is 166 Å². The Morgan fingerprint density at radius 3 is 2.57 bits per heavy atom. The number of hydrogen-bond donors (Lipinski definition) is 2. The number of amides is 1. The van der Waals surface area contributed by atoms with Gasteiger partial charge in [0.15, 0.2) is 11.5 Å². The number of benzene rings is 2. The smallest absolute Gasteiger partial charge is 0.259 e. The van der Waals surface area contributed by atoms with Gasteiger partial charge in [0.05, 0.1) is 26.5 Å². The normalized spacial score (nSPS) is 10.9. The lowest BCUT2D eigenvalue weighted by molar-refractivity contribution is -0.119. The van der Waals surface area contributed by atoms with Crippen molar-refractivity contribution in [2.75, 3.05) is 25.6 Å². The number of nitrogens with one attached hydrogen (secondary N) is 2. The molecule has 2 aromatic rings. The molecule has 28 heavy (non-hydrogen) atoms. The van der Waals surface area contributed by atoms with Crippen LogP contribution >= 0.6 is 0 Å². The highest BCUT2D eigenvalue weighted by Gasteiger charge is 2.06. The van der Waals surface area contributed by atoms with Gasteiger partial charge < -0.3 is 14.8 Å². The van der Waals surface area contributed by atoms with E-state index in [1.807, 2.05) is 49.4 Å². The van der Waals surface area contributed by atoms with Gasteiger partial charge in [0, 0.05) is 5.69 Å². The molecule has 0 aromatic heterocycles. The van der Waals surface area contributed by atoms with Crippen LogP contribution in [0.4, 0.5) is 5.69 Å². The largest absolute Gasteiger partial charge is 0.493 e. The highest BCUT2D eigenvalue weighted by Crippen LogP contribution is 2.27. The molecular weight excluding hydrogens is 354 g/mol. The van der Waals surface area contributed by atoms with Crippen LogP contribution in [-0.4, -0.2) is 32.4 Å². The molecule has 0 saturated heterocycles. The molecule has 2 aromatic carbocycles. The molecule has 6 heteroatoms. The fourth-order valence-electron chi connectivity index (χ4n) is 2.36. The van der Waals surface area contributed by atoms with Crippen LogP contribution in [0.25, 0.3) is 0 Å². The van der Waals surface area contributed by atoms with E-state index in [1.165, 1.54) is 5.56 Å². The first-order chi connectivity index (χ1) is 13.5. The highest BCUT2D eigenvalue weighted by molar-refractivity contribution is 5.84. The predicted octanol–water partition coefficient (Wildman–Crippen LogP) is 3.99. The van der Waals surface area contributed by atoms with E-state index in [2.05, 4.69) is 29.7 Å². The van der Waals surface area contributed by atoms with Crippen molar-refractivity contribution in [3.8, 4) is 11.5 Å². The molecule has 0 saturated carbocycles. The van der Waals surface area contributed by atoms with Crippen LogP contribution in [0.5, 0.6) is 11.5 Å². The zero-order valence-corrected chi connectivity index (χ0v) is 17.0. The van der Waals surface area contributed by atoms with Crippen molar-refractivity contribution in [2.24, 2.45) is 11.0 Å². The molecule has 0 aliphatic heterocycles. The average Bonchev–Trinajstić information content (AvgIpc) is 2.68. The van der Waals surface area contributed by atoms with E-state index in [9.17, 15) is 4.79 Å². The van der Waals surface area contributed by atoms with Crippen molar-refractivity contribution in [1.29, 1.82) is 0 Å². The summed E-state index contributed by atoms with van der Waals surface area (Å²) in [4.78, 5) is 11.9. The minimum Gasteiger partial charge on any atom is -0.493 e. The van der Waals surface area contributed by atoms with Crippen LogP contribution in [-0.2, 0) is 4.79 Å². The van der Waals surface area contributed by atoms with E-state index < -0.39 is 0 Å². The molecule has 0 bridgehead atoms. The molecule has 0 fully saturated rings. The summed E-state index contributed by atoms with van der Waals surface area (Å²) in [6.07, 6.45) is 2.55. The summed E-state index contributed by atoms with van der Waals surface area (Å²) in [5.74, 6) is 1.70. The molecule has 150 valence electrons. The van der Waals surface area contributed by atoms with Gasteiger partial charge in [-0.25, -0.2) is 5.43 Å². The second kappa shape index (κ2) is 11.0. The number of hydrazone groups is 1. The fraction of sp³-hybridized carbons (Fsp3) is 0.364. The quantitative estimate of drug-likeness (QED) is 0.481. The van der Waals surface area contributed by atoms with E-state index in [0.717, 1.165) is 17.7 Å². The molecule has 0 heterocycles. The lowest BCUT2D eigenvalue weighted by Crippen LogP contribution is -2.25. The zero-order valence-electron chi connectivity index (χ0n) is 17.0. The van der Waals surface area contributed by atoms with Crippen molar-refractivity contribution >= 4 is 17.8 Å². The third-order valence-corrected chi connectivity index (χ3v) is 4.05. The number of aryl methyl sites for hydroxylation is 1. The number of anilines is 1. The molecule has 0 aliphatic carbocycles. The number of hydrogen-bond acceptors (Lipinski definition) is 5. The highest BCUT2D eigenvalue weighted by atomic mass is 16.5. The first-order valence-electron chi connectivity index (χ1n) is 9.41. The second-order valence-electron chi connectivity index (χ2n) is 6.95. The number of ether oxygens (including phenoxy) is 2. The van der Waals surface area contributed by atoms with Gasteiger partial charge in [-0.3, -0.25) is 4.79 Å². The van der Waals surface area contributed by atoms with Gasteiger partial charge in [0.1, 0.15) is 0 Å². The number of methoxy groups -OCH3 is 1. The minimum atomic E-state index is -0.225. The van der Waals surface area contributed by atoms with Crippen LogP contribution in [0.3, 0.4) is 0 Å². The maximum absolute atomic E-state index is 11.9. The second-order valence-corrected chi connectivity index (χ2v) is 6.95. The Morgan fingerprint density at radius 2 is 1.89 bits per heavy atom. The lowest BCUT2D eigenvalue weighted by atomic mass is 10.1. The monoisotopic (exact) mass is 383 g/mol. The molecular formula is C22H29N3O3. The summed E-state index contributed by atoms with van der Waals surface area (Å²) < 4.78 is 11.2. The average molecular weight is 383 g/mol. The molecule has 0 spiro atoms. The van der Waals surface area contributed by atoms with Crippen LogP contribution in [0.1, 0.15) is 31.4 Å². The molecule has 0 aliphatic rings. The predicted molar refractivity (Wildman–Crippen MR) is 113 cm³/mol. The van der Waals surface area contributed by atoms with Crippen LogP contribution in [0.2, 0.25) is 0 Å². The van der Waals surface area contributed by atoms with Crippen molar-refractivity contribution in [1.82, 2.24) is 5.43 Å². The van der Waals surface area contributed by atoms with E-state index in [4.69, 9.17) is 9.47 Å². The standard InChI is InChI=1S/C22H29N3O3/c1-16(2)11-12-28-20-10-7-18(13-21(20)27-4)14-24-25-22(26)15-23-19-8-5-17(3)6-9-19/h5-10,13-14,16,23H,11-12,15H2,1-4H3,(H,25,26)/b24-14+. The summed E-state index contributed by atoms with van der Waals surface area (Å²) in [5.41, 5.74) is 5.38. The molecule has 6 nitrogen and oxygen atoms in total.